The lowest BCUT2D eigenvalue weighted by Crippen LogP contribution is -2.30. The van der Waals surface area contributed by atoms with Crippen LogP contribution < -0.4 is 0 Å². The van der Waals surface area contributed by atoms with Crippen LogP contribution in [0.4, 0.5) is 0 Å². The molecule has 0 heterocycles. The first kappa shape index (κ1) is 78.8. The normalized spacial score (nSPS) is 12.9. The van der Waals surface area contributed by atoms with Gasteiger partial charge in [-0.1, -0.05) is 316 Å². The Bertz CT molecular complexity index is 1700. The Balaban J connectivity index is 4.36. The molecule has 0 aromatic rings. The van der Waals surface area contributed by atoms with Crippen molar-refractivity contribution in [2.24, 2.45) is 0 Å². The summed E-state index contributed by atoms with van der Waals surface area (Å²) in [5.41, 5.74) is 0. The van der Waals surface area contributed by atoms with E-state index in [1.54, 1.807) is 6.08 Å². The summed E-state index contributed by atoms with van der Waals surface area (Å²) in [6.45, 7) is 6.43. The first-order chi connectivity index (χ1) is 41.0. The number of esters is 3. The predicted octanol–water partition coefficient (Wildman–Crippen LogP) is 24.3. The van der Waals surface area contributed by atoms with E-state index in [4.69, 9.17) is 14.2 Å². The molecule has 0 fully saturated rings. The molecular formula is C77H130O6. The van der Waals surface area contributed by atoms with Gasteiger partial charge >= 0.3 is 17.9 Å². The van der Waals surface area contributed by atoms with Crippen molar-refractivity contribution in [1.29, 1.82) is 0 Å². The highest BCUT2D eigenvalue weighted by Gasteiger charge is 2.19. The molecule has 0 spiro atoms. The molecule has 0 bridgehead atoms. The Morgan fingerprint density at radius 1 is 0.265 bits per heavy atom. The summed E-state index contributed by atoms with van der Waals surface area (Å²) in [7, 11) is 0. The molecule has 474 valence electrons. The molecule has 6 nitrogen and oxygen atoms in total. The smallest absolute Gasteiger partial charge is 0.309 e. The summed E-state index contributed by atoms with van der Waals surface area (Å²) >= 11 is 0. The van der Waals surface area contributed by atoms with Gasteiger partial charge in [-0.05, 0) is 116 Å². The van der Waals surface area contributed by atoms with E-state index < -0.39 is 12.1 Å². The Hall–Kier alpha value is -4.19. The number of carbonyl (C=O) groups excluding carboxylic acids is 3. The van der Waals surface area contributed by atoms with E-state index in [9.17, 15) is 14.4 Å². The maximum absolute atomic E-state index is 12.9. The summed E-state index contributed by atoms with van der Waals surface area (Å²) < 4.78 is 16.9. The number of allylic oxidation sites excluding steroid dienone is 19. The highest BCUT2D eigenvalue weighted by molar-refractivity contribution is 5.72. The van der Waals surface area contributed by atoms with E-state index >= 15 is 0 Å². The van der Waals surface area contributed by atoms with Gasteiger partial charge in [0, 0.05) is 12.8 Å². The fourth-order valence-corrected chi connectivity index (χ4v) is 9.73. The number of unbranched alkanes of at least 4 members (excludes halogenated alkanes) is 33. The average molecular weight is 1150 g/mol. The average Bonchev–Trinajstić information content (AvgIpc) is 3.49. The molecule has 1 unspecified atom stereocenters. The molecule has 0 saturated heterocycles. The quantitative estimate of drug-likeness (QED) is 0.0261. The molecular weight excluding hydrogens is 1020 g/mol. The van der Waals surface area contributed by atoms with Crippen molar-refractivity contribution in [3.8, 4) is 0 Å². The Morgan fingerprint density at radius 3 is 0.843 bits per heavy atom. The summed E-state index contributed by atoms with van der Waals surface area (Å²) in [5, 5.41) is 0. The zero-order valence-electron chi connectivity index (χ0n) is 54.4. The fourth-order valence-electron chi connectivity index (χ4n) is 9.73. The summed E-state index contributed by atoms with van der Waals surface area (Å²) in [5.74, 6) is -1.05. The van der Waals surface area contributed by atoms with Crippen LogP contribution in [0, 0.1) is 0 Å². The maximum atomic E-state index is 12.9. The monoisotopic (exact) mass is 1150 g/mol. The van der Waals surface area contributed by atoms with Crippen LogP contribution in [0.5, 0.6) is 0 Å². The maximum Gasteiger partial charge on any atom is 0.309 e. The van der Waals surface area contributed by atoms with Gasteiger partial charge in [0.15, 0.2) is 6.10 Å². The standard InChI is InChI=1S/C77H130O6/c1-4-7-10-13-16-19-22-25-28-30-32-34-35-36-37-38-39-40-41-43-44-46-49-52-55-58-61-64-67-70-76(79)82-73-74(72-81-75(78)69-66-63-60-57-54-51-48-27-24-21-18-15-12-9-6-3)83-77(80)71-68-65-62-59-56-53-50-47-45-42-33-31-29-26-23-20-17-14-11-8-5-2/h9,12,18,21-23,25-27,30-33,45,47-48,54,57,63,66,74H,4-8,10-11,13-17,19-20,24,28-29,34-44,46,49-53,55-56,58-62,64-65,67-73H2,1-3H3/b12-9-,21-18-,25-22-,26-23-,32-30-,33-31-,47-45-,48-27-,57-54-,66-63-. The van der Waals surface area contributed by atoms with Crippen molar-refractivity contribution in [1.82, 2.24) is 0 Å². The third-order valence-corrected chi connectivity index (χ3v) is 15.0. The van der Waals surface area contributed by atoms with E-state index in [1.165, 1.54) is 186 Å². The van der Waals surface area contributed by atoms with E-state index in [0.29, 0.717) is 12.8 Å². The molecule has 83 heavy (non-hydrogen) atoms. The number of ether oxygens (including phenoxy) is 3. The number of hydrogen-bond acceptors (Lipinski definition) is 6. The molecule has 0 aromatic heterocycles. The third kappa shape index (κ3) is 68.5. The molecule has 0 aliphatic carbocycles. The molecule has 0 rings (SSSR count). The van der Waals surface area contributed by atoms with E-state index in [1.807, 2.05) is 6.08 Å². The van der Waals surface area contributed by atoms with Crippen LogP contribution in [0.1, 0.15) is 329 Å². The minimum atomic E-state index is -0.829. The van der Waals surface area contributed by atoms with E-state index in [0.717, 1.165) is 103 Å². The highest BCUT2D eigenvalue weighted by Crippen LogP contribution is 2.17. The molecule has 0 saturated carbocycles. The predicted molar refractivity (Wildman–Crippen MR) is 362 cm³/mol. The van der Waals surface area contributed by atoms with Crippen LogP contribution in [-0.2, 0) is 28.6 Å². The van der Waals surface area contributed by atoms with Crippen molar-refractivity contribution in [3.05, 3.63) is 122 Å². The van der Waals surface area contributed by atoms with E-state index in [2.05, 4.69) is 130 Å². The molecule has 0 aliphatic rings. The van der Waals surface area contributed by atoms with Crippen LogP contribution in [-0.4, -0.2) is 37.2 Å². The number of hydrogen-bond donors (Lipinski definition) is 0. The molecule has 1 atom stereocenters. The summed E-state index contributed by atoms with van der Waals surface area (Å²) in [4.78, 5) is 38.4. The lowest BCUT2D eigenvalue weighted by Gasteiger charge is -2.18. The van der Waals surface area contributed by atoms with Gasteiger partial charge < -0.3 is 14.2 Å². The minimum Gasteiger partial charge on any atom is -0.462 e. The SMILES string of the molecule is CC/C=C\C/C=C\C/C=C\C/C=C\C/C=C\CC(=O)OCC(COC(=O)CCCCCCCCCCCCCCCCCCC/C=C\C/C=C\CCCCCCC)OC(=O)CCCCCCCC/C=C\C/C=C\C/C=C\CCCCCCC. The third-order valence-electron chi connectivity index (χ3n) is 15.0. The van der Waals surface area contributed by atoms with Crippen LogP contribution in [0.25, 0.3) is 0 Å². The van der Waals surface area contributed by atoms with Gasteiger partial charge in [-0.3, -0.25) is 14.4 Å². The Kier molecular flexibility index (Phi) is 66.7. The summed E-state index contributed by atoms with van der Waals surface area (Å²) in [6, 6.07) is 0. The largest absolute Gasteiger partial charge is 0.462 e. The lowest BCUT2D eigenvalue weighted by molar-refractivity contribution is -0.166. The molecule has 0 radical (unpaired) electrons. The zero-order valence-corrected chi connectivity index (χ0v) is 54.4. The minimum absolute atomic E-state index is 0.114. The summed E-state index contributed by atoms with van der Waals surface area (Å²) in [6.07, 6.45) is 98.3. The lowest BCUT2D eigenvalue weighted by atomic mass is 10.0. The molecule has 0 N–H and O–H groups in total. The van der Waals surface area contributed by atoms with Crippen LogP contribution in [0.3, 0.4) is 0 Å². The first-order valence-corrected chi connectivity index (χ1v) is 35.0. The molecule has 0 aliphatic heterocycles. The van der Waals surface area contributed by atoms with Crippen LogP contribution in [0.2, 0.25) is 0 Å². The van der Waals surface area contributed by atoms with Crippen LogP contribution >= 0.6 is 0 Å². The van der Waals surface area contributed by atoms with Gasteiger partial charge in [-0.2, -0.15) is 0 Å². The van der Waals surface area contributed by atoms with Crippen molar-refractivity contribution >= 4 is 17.9 Å². The second kappa shape index (κ2) is 70.3. The van der Waals surface area contributed by atoms with Crippen molar-refractivity contribution < 1.29 is 28.6 Å². The van der Waals surface area contributed by atoms with Crippen molar-refractivity contribution in [3.63, 3.8) is 0 Å². The van der Waals surface area contributed by atoms with Crippen LogP contribution in [0.15, 0.2) is 122 Å². The Morgan fingerprint density at radius 2 is 0.518 bits per heavy atom. The second-order valence-corrected chi connectivity index (χ2v) is 23.1. The zero-order chi connectivity index (χ0) is 59.9. The number of carbonyl (C=O) groups is 3. The van der Waals surface area contributed by atoms with Gasteiger partial charge in [0.2, 0.25) is 0 Å². The van der Waals surface area contributed by atoms with Crippen molar-refractivity contribution in [2.75, 3.05) is 13.2 Å². The van der Waals surface area contributed by atoms with Crippen molar-refractivity contribution in [2.45, 2.75) is 335 Å². The van der Waals surface area contributed by atoms with Gasteiger partial charge in [-0.25, -0.2) is 0 Å². The van der Waals surface area contributed by atoms with Gasteiger partial charge in [0.25, 0.3) is 0 Å². The number of rotatable bonds is 63. The van der Waals surface area contributed by atoms with E-state index in [-0.39, 0.29) is 31.6 Å². The Labute approximate surface area is 513 Å². The topological polar surface area (TPSA) is 78.9 Å². The van der Waals surface area contributed by atoms with Gasteiger partial charge in [-0.15, -0.1) is 0 Å². The molecule has 6 heteroatoms. The second-order valence-electron chi connectivity index (χ2n) is 23.1. The molecule has 0 amide bonds. The molecule has 0 aromatic carbocycles. The van der Waals surface area contributed by atoms with Gasteiger partial charge in [0.1, 0.15) is 13.2 Å². The fraction of sp³-hybridized carbons (Fsp3) is 0.701. The van der Waals surface area contributed by atoms with Gasteiger partial charge in [0.05, 0.1) is 6.42 Å². The highest BCUT2D eigenvalue weighted by atomic mass is 16.6. The first-order valence-electron chi connectivity index (χ1n) is 35.0.